The van der Waals surface area contributed by atoms with Crippen molar-refractivity contribution in [3.05, 3.63) is 29.4 Å². The lowest BCUT2D eigenvalue weighted by atomic mass is 10.1. The van der Waals surface area contributed by atoms with Crippen LogP contribution in [0.3, 0.4) is 0 Å². The van der Waals surface area contributed by atoms with Gasteiger partial charge >= 0.3 is 0 Å². The summed E-state index contributed by atoms with van der Waals surface area (Å²) in [5.74, 6) is 0.997. The molecular formula is C15H21N3O3S. The maximum Gasteiger partial charge on any atom is 0.185 e. The van der Waals surface area contributed by atoms with Crippen LogP contribution in [0.1, 0.15) is 56.5 Å². The number of nitrogens with zero attached hydrogens (tertiary/aromatic N) is 3. The van der Waals surface area contributed by atoms with Crippen LogP contribution in [0.2, 0.25) is 0 Å². The van der Waals surface area contributed by atoms with Crippen molar-refractivity contribution in [3.63, 3.8) is 0 Å². The van der Waals surface area contributed by atoms with Crippen molar-refractivity contribution in [2.45, 2.75) is 62.6 Å². The van der Waals surface area contributed by atoms with E-state index in [9.17, 15) is 8.42 Å². The predicted octanol–water partition coefficient (Wildman–Crippen LogP) is 2.79. The van der Waals surface area contributed by atoms with Gasteiger partial charge in [0.05, 0.1) is 23.2 Å². The maximum atomic E-state index is 12.7. The van der Waals surface area contributed by atoms with Crippen LogP contribution in [0, 0.1) is 6.92 Å². The normalized spacial score (nSPS) is 16.2. The molecule has 1 aliphatic carbocycles. The van der Waals surface area contributed by atoms with E-state index in [4.69, 9.17) is 4.52 Å². The van der Waals surface area contributed by atoms with Gasteiger partial charge in [0.1, 0.15) is 10.7 Å². The molecular weight excluding hydrogens is 302 g/mol. The fourth-order valence-corrected chi connectivity index (χ4v) is 3.72. The second-order valence-electron chi connectivity index (χ2n) is 6.94. The number of rotatable bonds is 4. The van der Waals surface area contributed by atoms with Gasteiger partial charge in [-0.05, 0) is 40.5 Å². The van der Waals surface area contributed by atoms with E-state index < -0.39 is 9.84 Å². The van der Waals surface area contributed by atoms with Gasteiger partial charge in [0, 0.05) is 17.7 Å². The Hall–Kier alpha value is -1.63. The molecule has 7 heteroatoms. The molecule has 0 bridgehead atoms. The molecule has 1 aliphatic rings. The number of aryl methyl sites for hydroxylation is 1. The van der Waals surface area contributed by atoms with Crippen LogP contribution >= 0.6 is 0 Å². The lowest BCUT2D eigenvalue weighted by molar-refractivity contribution is 0.355. The molecule has 1 saturated carbocycles. The molecule has 3 rings (SSSR count). The Morgan fingerprint density at radius 1 is 1.36 bits per heavy atom. The minimum absolute atomic E-state index is 0.0794. The van der Waals surface area contributed by atoms with Gasteiger partial charge in [0.15, 0.2) is 9.84 Å². The highest BCUT2D eigenvalue weighted by atomic mass is 32.2. The number of aromatic nitrogens is 3. The first-order chi connectivity index (χ1) is 10.2. The first-order valence-electron chi connectivity index (χ1n) is 7.41. The van der Waals surface area contributed by atoms with Gasteiger partial charge in [0.25, 0.3) is 0 Å². The second kappa shape index (κ2) is 4.94. The third-order valence-electron chi connectivity index (χ3n) is 3.90. The number of sulfone groups is 1. The van der Waals surface area contributed by atoms with Crippen molar-refractivity contribution in [3.8, 4) is 0 Å². The fourth-order valence-electron chi connectivity index (χ4n) is 2.36. The van der Waals surface area contributed by atoms with E-state index in [0.29, 0.717) is 17.2 Å². The van der Waals surface area contributed by atoms with Gasteiger partial charge in [-0.2, -0.15) is 5.10 Å². The van der Waals surface area contributed by atoms with Crippen LogP contribution in [0.15, 0.2) is 21.8 Å². The Bertz CT molecular complexity index is 792. The summed E-state index contributed by atoms with van der Waals surface area (Å²) in [7, 11) is -3.46. The Morgan fingerprint density at radius 3 is 2.59 bits per heavy atom. The molecule has 1 fully saturated rings. The quantitative estimate of drug-likeness (QED) is 0.864. The highest BCUT2D eigenvalue weighted by Gasteiger charge is 2.33. The molecule has 22 heavy (non-hydrogen) atoms. The zero-order valence-corrected chi connectivity index (χ0v) is 14.1. The first kappa shape index (κ1) is 15.3. The van der Waals surface area contributed by atoms with E-state index in [1.807, 2.05) is 20.8 Å². The highest BCUT2D eigenvalue weighted by molar-refractivity contribution is 7.90. The molecule has 0 atom stereocenters. The Labute approximate surface area is 130 Å². The zero-order chi connectivity index (χ0) is 16.1. The van der Waals surface area contributed by atoms with Crippen molar-refractivity contribution in [2.24, 2.45) is 0 Å². The minimum Gasteiger partial charge on any atom is -0.361 e. The Kier molecular flexibility index (Phi) is 3.43. The van der Waals surface area contributed by atoms with Crippen LogP contribution in [0.25, 0.3) is 0 Å². The molecule has 0 aliphatic heterocycles. The fraction of sp³-hybridized carbons (Fsp3) is 0.600. The van der Waals surface area contributed by atoms with Crippen molar-refractivity contribution in [1.29, 1.82) is 0 Å². The summed E-state index contributed by atoms with van der Waals surface area (Å²) in [6.45, 7) is 7.72. The molecule has 6 nitrogen and oxygen atoms in total. The minimum atomic E-state index is -3.46. The molecule has 120 valence electrons. The smallest absolute Gasteiger partial charge is 0.185 e. The molecule has 2 heterocycles. The molecule has 0 aromatic carbocycles. The molecule has 0 N–H and O–H groups in total. The van der Waals surface area contributed by atoms with Gasteiger partial charge in [0.2, 0.25) is 0 Å². The predicted molar refractivity (Wildman–Crippen MR) is 81.3 cm³/mol. The SMILES string of the molecule is Cc1noc(C2CC2)c1CS(=O)(=O)c1cnn(C(C)(C)C)c1. The van der Waals surface area contributed by atoms with E-state index in [-0.39, 0.29) is 16.2 Å². The van der Waals surface area contributed by atoms with Gasteiger partial charge in [-0.3, -0.25) is 4.68 Å². The molecule has 0 saturated heterocycles. The number of hydrogen-bond donors (Lipinski definition) is 0. The average Bonchev–Trinajstić information content (AvgIpc) is 2.98. The van der Waals surface area contributed by atoms with Crippen LogP contribution in [-0.2, 0) is 21.1 Å². The third kappa shape index (κ3) is 2.82. The van der Waals surface area contributed by atoms with Gasteiger partial charge < -0.3 is 4.52 Å². The molecule has 0 spiro atoms. The third-order valence-corrected chi connectivity index (χ3v) is 5.50. The summed E-state index contributed by atoms with van der Waals surface area (Å²) in [6.07, 6.45) is 5.10. The molecule has 0 radical (unpaired) electrons. The Morgan fingerprint density at radius 2 is 2.05 bits per heavy atom. The van der Waals surface area contributed by atoms with Crippen molar-refractivity contribution >= 4 is 9.84 Å². The van der Waals surface area contributed by atoms with Crippen LogP contribution in [-0.4, -0.2) is 23.4 Å². The molecule has 0 amide bonds. The Balaban J connectivity index is 1.91. The monoisotopic (exact) mass is 323 g/mol. The molecule has 2 aromatic heterocycles. The summed E-state index contributed by atoms with van der Waals surface area (Å²) >= 11 is 0. The van der Waals surface area contributed by atoms with Crippen molar-refractivity contribution < 1.29 is 12.9 Å². The zero-order valence-electron chi connectivity index (χ0n) is 13.3. The highest BCUT2D eigenvalue weighted by Crippen LogP contribution is 2.43. The van der Waals surface area contributed by atoms with Crippen LogP contribution in [0.4, 0.5) is 0 Å². The van der Waals surface area contributed by atoms with Gasteiger partial charge in [-0.1, -0.05) is 5.16 Å². The van der Waals surface area contributed by atoms with E-state index in [1.54, 1.807) is 17.8 Å². The van der Waals surface area contributed by atoms with Gasteiger partial charge in [-0.25, -0.2) is 8.42 Å². The van der Waals surface area contributed by atoms with E-state index in [1.165, 1.54) is 6.20 Å². The van der Waals surface area contributed by atoms with E-state index in [2.05, 4.69) is 10.3 Å². The average molecular weight is 323 g/mol. The first-order valence-corrected chi connectivity index (χ1v) is 9.06. The summed E-state index contributed by atoms with van der Waals surface area (Å²) in [6, 6.07) is 0. The van der Waals surface area contributed by atoms with Crippen LogP contribution in [0.5, 0.6) is 0 Å². The second-order valence-corrected chi connectivity index (χ2v) is 8.93. The van der Waals surface area contributed by atoms with Crippen molar-refractivity contribution in [2.75, 3.05) is 0 Å². The topological polar surface area (TPSA) is 78.0 Å². The van der Waals surface area contributed by atoms with E-state index >= 15 is 0 Å². The standard InChI is InChI=1S/C15H21N3O3S/c1-10-13(14(21-17-10)11-5-6-11)9-22(19,20)12-7-16-18(8-12)15(2,3)4/h7-8,11H,5-6,9H2,1-4H3. The summed E-state index contributed by atoms with van der Waals surface area (Å²) in [5.41, 5.74) is 1.12. The summed E-state index contributed by atoms with van der Waals surface area (Å²) < 4.78 is 32.3. The van der Waals surface area contributed by atoms with E-state index in [0.717, 1.165) is 18.6 Å². The van der Waals surface area contributed by atoms with Gasteiger partial charge in [-0.15, -0.1) is 0 Å². The summed E-state index contributed by atoms with van der Waals surface area (Å²) in [4.78, 5) is 0.241. The van der Waals surface area contributed by atoms with Crippen molar-refractivity contribution in [1.82, 2.24) is 14.9 Å². The largest absolute Gasteiger partial charge is 0.361 e. The summed E-state index contributed by atoms with van der Waals surface area (Å²) in [5, 5.41) is 8.11. The maximum absolute atomic E-state index is 12.7. The molecule has 2 aromatic rings. The lowest BCUT2D eigenvalue weighted by Crippen LogP contribution is -2.22. The van der Waals surface area contributed by atoms with Crippen LogP contribution < -0.4 is 0 Å². The molecule has 0 unspecified atom stereocenters. The lowest BCUT2D eigenvalue weighted by Gasteiger charge is -2.18. The number of hydrogen-bond acceptors (Lipinski definition) is 5.